The van der Waals surface area contributed by atoms with Gasteiger partial charge in [-0.3, -0.25) is 4.79 Å². The molecule has 2 atom stereocenters. The molecular formula is C17H22FN5OS. The van der Waals surface area contributed by atoms with Gasteiger partial charge in [0.05, 0.1) is 5.75 Å². The number of amides is 1. The maximum atomic E-state index is 13.4. The van der Waals surface area contributed by atoms with Crippen LogP contribution in [-0.4, -0.2) is 44.5 Å². The monoisotopic (exact) mass is 363 g/mol. The molecule has 1 amide bonds. The predicted molar refractivity (Wildman–Crippen MR) is 95.8 cm³/mol. The Morgan fingerprint density at radius 2 is 2.04 bits per heavy atom. The van der Waals surface area contributed by atoms with Crippen LogP contribution in [0.15, 0.2) is 29.4 Å². The van der Waals surface area contributed by atoms with Gasteiger partial charge in [0.15, 0.2) is 5.82 Å². The number of halogens is 1. The molecule has 2 heterocycles. The molecule has 0 aliphatic carbocycles. The Morgan fingerprint density at radius 3 is 2.72 bits per heavy atom. The van der Waals surface area contributed by atoms with Crippen molar-refractivity contribution in [2.75, 3.05) is 24.7 Å². The first-order chi connectivity index (χ1) is 11.9. The van der Waals surface area contributed by atoms with Gasteiger partial charge in [-0.1, -0.05) is 37.7 Å². The van der Waals surface area contributed by atoms with Crippen molar-refractivity contribution in [1.29, 1.82) is 0 Å². The maximum Gasteiger partial charge on any atom is 0.233 e. The van der Waals surface area contributed by atoms with Crippen molar-refractivity contribution in [2.24, 2.45) is 11.8 Å². The number of nitrogens with two attached hydrogens (primary N) is 1. The molecular weight excluding hydrogens is 341 g/mol. The molecule has 6 nitrogen and oxygen atoms in total. The predicted octanol–water partition coefficient (Wildman–Crippen LogP) is 2.39. The fraction of sp³-hybridized carbons (Fsp3) is 0.471. The molecule has 0 radical (unpaired) electrons. The lowest BCUT2D eigenvalue weighted by Crippen LogP contribution is -2.43. The number of carbonyl (C=O) groups is 1. The van der Waals surface area contributed by atoms with Gasteiger partial charge in [0.2, 0.25) is 11.1 Å². The van der Waals surface area contributed by atoms with Crippen molar-refractivity contribution in [3.05, 3.63) is 30.1 Å². The van der Waals surface area contributed by atoms with E-state index in [0.717, 1.165) is 19.5 Å². The second-order valence-corrected chi connectivity index (χ2v) is 7.66. The van der Waals surface area contributed by atoms with Crippen LogP contribution in [0.4, 0.5) is 4.39 Å². The van der Waals surface area contributed by atoms with Crippen LogP contribution < -0.4 is 5.84 Å². The number of likely N-dealkylation sites (tertiary alicyclic amines) is 1. The molecule has 1 aromatic carbocycles. The summed E-state index contributed by atoms with van der Waals surface area (Å²) in [5.74, 6) is 7.42. The van der Waals surface area contributed by atoms with E-state index >= 15 is 0 Å². The average Bonchev–Trinajstić information content (AvgIpc) is 2.92. The summed E-state index contributed by atoms with van der Waals surface area (Å²) >= 11 is 1.25. The normalized spacial score (nSPS) is 20.7. The minimum Gasteiger partial charge on any atom is -0.341 e. The Balaban J connectivity index is 1.65. The number of hydrogen-bond donors (Lipinski definition) is 1. The number of aromatic nitrogens is 3. The highest BCUT2D eigenvalue weighted by Crippen LogP contribution is 2.24. The second kappa shape index (κ2) is 7.43. The number of nitrogens with zero attached hydrogens (tertiary/aromatic N) is 4. The summed E-state index contributed by atoms with van der Waals surface area (Å²) in [6, 6.07) is 6.01. The zero-order valence-electron chi connectivity index (χ0n) is 14.4. The number of hydrogen-bond acceptors (Lipinski definition) is 5. The number of nitrogen functional groups attached to an aromatic ring is 1. The van der Waals surface area contributed by atoms with Gasteiger partial charge in [-0.15, -0.1) is 10.2 Å². The summed E-state index contributed by atoms with van der Waals surface area (Å²) < 4.78 is 14.7. The third kappa shape index (κ3) is 4.12. The zero-order valence-corrected chi connectivity index (χ0v) is 15.2. The molecule has 0 unspecified atom stereocenters. The number of rotatable bonds is 4. The van der Waals surface area contributed by atoms with Crippen LogP contribution in [-0.2, 0) is 4.79 Å². The van der Waals surface area contributed by atoms with E-state index in [0.29, 0.717) is 28.4 Å². The SMILES string of the molecule is C[C@@H]1C[C@@H](C)CN(C(=O)CSc2nnc(-c3cccc(F)c3)n2N)C1. The fourth-order valence-electron chi connectivity index (χ4n) is 3.28. The van der Waals surface area contributed by atoms with Gasteiger partial charge in [-0.2, -0.15) is 0 Å². The summed E-state index contributed by atoms with van der Waals surface area (Å²) in [7, 11) is 0. The molecule has 0 bridgehead atoms. The first kappa shape index (κ1) is 17.7. The van der Waals surface area contributed by atoms with E-state index < -0.39 is 0 Å². The van der Waals surface area contributed by atoms with Crippen LogP contribution in [0, 0.1) is 17.7 Å². The summed E-state index contributed by atoms with van der Waals surface area (Å²) in [4.78, 5) is 14.4. The lowest BCUT2D eigenvalue weighted by atomic mass is 9.92. The first-order valence-electron chi connectivity index (χ1n) is 8.31. The molecule has 2 N–H and O–H groups in total. The second-order valence-electron chi connectivity index (χ2n) is 6.72. The van der Waals surface area contributed by atoms with Gasteiger partial charge in [0.1, 0.15) is 5.82 Å². The number of benzene rings is 1. The van der Waals surface area contributed by atoms with Crippen LogP contribution in [0.1, 0.15) is 20.3 Å². The summed E-state index contributed by atoms with van der Waals surface area (Å²) in [5.41, 5.74) is 0.548. The molecule has 8 heteroatoms. The number of thioether (sulfide) groups is 1. The lowest BCUT2D eigenvalue weighted by molar-refractivity contribution is -0.130. The van der Waals surface area contributed by atoms with Crippen LogP contribution >= 0.6 is 11.8 Å². The van der Waals surface area contributed by atoms with Crippen molar-refractivity contribution in [2.45, 2.75) is 25.4 Å². The molecule has 0 saturated carbocycles. The van der Waals surface area contributed by atoms with E-state index in [1.807, 2.05) is 4.90 Å². The van der Waals surface area contributed by atoms with Crippen molar-refractivity contribution in [3.8, 4) is 11.4 Å². The van der Waals surface area contributed by atoms with Crippen LogP contribution in [0.2, 0.25) is 0 Å². The summed E-state index contributed by atoms with van der Waals surface area (Å²) in [6.07, 6.45) is 1.16. The number of carbonyl (C=O) groups excluding carboxylic acids is 1. The van der Waals surface area contributed by atoms with Crippen molar-refractivity contribution in [1.82, 2.24) is 19.8 Å². The minimum absolute atomic E-state index is 0.0821. The summed E-state index contributed by atoms with van der Waals surface area (Å²) in [6.45, 7) is 5.94. The first-order valence-corrected chi connectivity index (χ1v) is 9.29. The van der Waals surface area contributed by atoms with Gasteiger partial charge in [-0.25, -0.2) is 9.07 Å². The average molecular weight is 363 g/mol. The smallest absolute Gasteiger partial charge is 0.233 e. The molecule has 1 aliphatic rings. The molecule has 1 fully saturated rings. The largest absolute Gasteiger partial charge is 0.341 e. The van der Waals surface area contributed by atoms with Gasteiger partial charge in [0.25, 0.3) is 0 Å². The van der Waals surface area contributed by atoms with Gasteiger partial charge in [-0.05, 0) is 30.4 Å². The molecule has 0 spiro atoms. The highest BCUT2D eigenvalue weighted by atomic mass is 32.2. The molecule has 134 valence electrons. The minimum atomic E-state index is -0.363. The van der Waals surface area contributed by atoms with Crippen molar-refractivity contribution in [3.63, 3.8) is 0 Å². The Bertz CT molecular complexity index is 755. The molecule has 1 aromatic heterocycles. The van der Waals surface area contributed by atoms with Gasteiger partial charge in [0, 0.05) is 18.7 Å². The maximum absolute atomic E-state index is 13.4. The van der Waals surface area contributed by atoms with Gasteiger partial charge < -0.3 is 10.7 Å². The molecule has 1 aliphatic heterocycles. The standard InChI is InChI=1S/C17H22FN5OS/c1-11-6-12(2)9-22(8-11)15(24)10-25-17-21-20-16(23(17)19)13-4-3-5-14(18)7-13/h3-5,7,11-12H,6,8-10,19H2,1-2H3/t11-,12-/m1/s1. The molecule has 2 aromatic rings. The van der Waals surface area contributed by atoms with Crippen LogP contribution in [0.3, 0.4) is 0 Å². The highest BCUT2D eigenvalue weighted by Gasteiger charge is 2.25. The third-order valence-electron chi connectivity index (χ3n) is 4.29. The van der Waals surface area contributed by atoms with Crippen LogP contribution in [0.5, 0.6) is 0 Å². The Hall–Kier alpha value is -2.09. The summed E-state index contributed by atoms with van der Waals surface area (Å²) in [5, 5.41) is 8.48. The van der Waals surface area contributed by atoms with E-state index in [2.05, 4.69) is 24.0 Å². The quantitative estimate of drug-likeness (QED) is 0.667. The van der Waals surface area contributed by atoms with E-state index in [9.17, 15) is 9.18 Å². The molecule has 1 saturated heterocycles. The zero-order chi connectivity index (χ0) is 18.0. The third-order valence-corrected chi connectivity index (χ3v) is 5.22. The van der Waals surface area contributed by atoms with E-state index in [4.69, 9.17) is 5.84 Å². The topological polar surface area (TPSA) is 77.0 Å². The van der Waals surface area contributed by atoms with Crippen molar-refractivity contribution >= 4 is 17.7 Å². The number of piperidine rings is 1. The Morgan fingerprint density at radius 1 is 1.32 bits per heavy atom. The van der Waals surface area contributed by atoms with E-state index in [-0.39, 0.29) is 17.5 Å². The van der Waals surface area contributed by atoms with Crippen molar-refractivity contribution < 1.29 is 9.18 Å². The van der Waals surface area contributed by atoms with Crippen LogP contribution in [0.25, 0.3) is 11.4 Å². The fourth-order valence-corrected chi connectivity index (χ4v) is 4.04. The van der Waals surface area contributed by atoms with E-state index in [1.54, 1.807) is 12.1 Å². The Kier molecular flexibility index (Phi) is 5.27. The Labute approximate surface area is 150 Å². The van der Waals surface area contributed by atoms with Gasteiger partial charge >= 0.3 is 0 Å². The molecule has 25 heavy (non-hydrogen) atoms. The lowest BCUT2D eigenvalue weighted by Gasteiger charge is -2.34. The van der Waals surface area contributed by atoms with E-state index in [1.165, 1.54) is 28.6 Å². The molecule has 3 rings (SSSR count). The highest BCUT2D eigenvalue weighted by molar-refractivity contribution is 7.99.